The largest absolute Gasteiger partial charge is 0.355 e. The van der Waals surface area contributed by atoms with E-state index >= 15 is 0 Å². The van der Waals surface area contributed by atoms with E-state index in [9.17, 15) is 4.79 Å². The van der Waals surface area contributed by atoms with Crippen LogP contribution in [0.15, 0.2) is 48.8 Å². The monoisotopic (exact) mass is 388 g/mol. The van der Waals surface area contributed by atoms with E-state index in [1.165, 1.54) is 22.0 Å². The summed E-state index contributed by atoms with van der Waals surface area (Å²) in [5.74, 6) is 0.627. The molecule has 3 aromatic rings. The Labute approximate surface area is 171 Å². The molecule has 150 valence electrons. The number of amides is 1. The van der Waals surface area contributed by atoms with Gasteiger partial charge in [0.2, 0.25) is 5.91 Å². The van der Waals surface area contributed by atoms with E-state index in [1.54, 1.807) is 6.20 Å². The summed E-state index contributed by atoms with van der Waals surface area (Å²) in [5, 5.41) is 4.57. The Balaban J connectivity index is 1.33. The van der Waals surface area contributed by atoms with Crippen molar-refractivity contribution in [1.82, 2.24) is 19.8 Å². The third-order valence-electron chi connectivity index (χ3n) is 6.81. The average Bonchev–Trinajstić information content (AvgIpc) is 3.06. The van der Waals surface area contributed by atoms with Crippen molar-refractivity contribution in [2.24, 2.45) is 13.0 Å². The van der Waals surface area contributed by atoms with Gasteiger partial charge in [-0.2, -0.15) is 0 Å². The van der Waals surface area contributed by atoms with Gasteiger partial charge in [0.1, 0.15) is 0 Å². The van der Waals surface area contributed by atoms with Gasteiger partial charge in [0, 0.05) is 67.5 Å². The molecule has 1 N–H and O–H groups in total. The van der Waals surface area contributed by atoms with Gasteiger partial charge in [0.25, 0.3) is 0 Å². The lowest BCUT2D eigenvalue weighted by Crippen LogP contribution is -2.51. The number of fused-ring (bicyclic) bond motifs is 2. The quantitative estimate of drug-likeness (QED) is 0.748. The van der Waals surface area contributed by atoms with Crippen LogP contribution in [0.3, 0.4) is 0 Å². The van der Waals surface area contributed by atoms with E-state index < -0.39 is 0 Å². The standard InChI is InChI=1S/C24H28N4O/c1-27-14-16-13-22-20(19-7-5-8-21(27)23(16)19)12-17(15-28(22)2)24(29)26-11-9-18-6-3-4-10-25-18/h3-8,10,14,17,20,22H,9,11-13,15H2,1-2H3,(H,26,29)/t17-,20?,22-/m1/s1. The highest BCUT2D eigenvalue weighted by molar-refractivity contribution is 5.89. The normalized spacial score (nSPS) is 23.7. The second kappa shape index (κ2) is 7.30. The maximum absolute atomic E-state index is 12.9. The molecule has 1 saturated heterocycles. The van der Waals surface area contributed by atoms with Crippen molar-refractivity contribution in [3.8, 4) is 0 Å². The van der Waals surface area contributed by atoms with Crippen LogP contribution in [0.1, 0.15) is 29.2 Å². The number of nitrogens with one attached hydrogen (secondary N) is 1. The van der Waals surface area contributed by atoms with Gasteiger partial charge in [-0.05, 0) is 49.2 Å². The van der Waals surface area contributed by atoms with Gasteiger partial charge in [-0.15, -0.1) is 0 Å². The lowest BCUT2D eigenvalue weighted by Gasteiger charge is -2.45. The van der Waals surface area contributed by atoms with E-state index in [-0.39, 0.29) is 11.8 Å². The van der Waals surface area contributed by atoms with E-state index in [1.807, 2.05) is 18.2 Å². The molecular formula is C24H28N4O. The van der Waals surface area contributed by atoms with Crippen LogP contribution in [0, 0.1) is 5.92 Å². The molecular weight excluding hydrogens is 360 g/mol. The number of nitrogens with zero attached hydrogens (tertiary/aromatic N) is 3. The number of hydrogen-bond acceptors (Lipinski definition) is 3. The minimum atomic E-state index is 0.0329. The fourth-order valence-corrected chi connectivity index (χ4v) is 5.41. The fourth-order valence-electron chi connectivity index (χ4n) is 5.41. The molecule has 3 heterocycles. The lowest BCUT2D eigenvalue weighted by atomic mass is 9.72. The molecule has 2 aliphatic rings. The highest BCUT2D eigenvalue weighted by Crippen LogP contribution is 2.44. The first-order chi connectivity index (χ1) is 14.1. The van der Waals surface area contributed by atoms with Crippen LogP contribution < -0.4 is 5.32 Å². The number of pyridine rings is 1. The number of likely N-dealkylation sites (tertiary alicyclic amines) is 1. The van der Waals surface area contributed by atoms with Gasteiger partial charge in [-0.3, -0.25) is 9.78 Å². The molecule has 5 rings (SSSR count). The minimum absolute atomic E-state index is 0.0329. The number of carbonyl (C=O) groups excluding carboxylic acids is 1. The van der Waals surface area contributed by atoms with Gasteiger partial charge in [-0.25, -0.2) is 0 Å². The summed E-state index contributed by atoms with van der Waals surface area (Å²) >= 11 is 0. The van der Waals surface area contributed by atoms with Gasteiger partial charge >= 0.3 is 0 Å². The Hall–Kier alpha value is -2.66. The van der Waals surface area contributed by atoms with Crippen LogP contribution in [-0.2, 0) is 24.7 Å². The number of aromatic nitrogens is 2. The predicted molar refractivity (Wildman–Crippen MR) is 115 cm³/mol. The summed E-state index contributed by atoms with van der Waals surface area (Å²) in [6, 6.07) is 13.0. The summed E-state index contributed by atoms with van der Waals surface area (Å²) in [5.41, 5.74) is 5.20. The molecule has 2 aromatic heterocycles. The van der Waals surface area contributed by atoms with Gasteiger partial charge in [-0.1, -0.05) is 18.2 Å². The van der Waals surface area contributed by atoms with E-state index in [2.05, 4.69) is 58.3 Å². The third-order valence-corrected chi connectivity index (χ3v) is 6.81. The maximum Gasteiger partial charge on any atom is 0.224 e. The second-order valence-electron chi connectivity index (χ2n) is 8.62. The molecule has 0 spiro atoms. The zero-order valence-electron chi connectivity index (χ0n) is 17.1. The number of carbonyl (C=O) groups is 1. The molecule has 1 amide bonds. The van der Waals surface area contributed by atoms with Gasteiger partial charge < -0.3 is 14.8 Å². The minimum Gasteiger partial charge on any atom is -0.355 e. The number of aryl methyl sites for hydroxylation is 1. The average molecular weight is 389 g/mol. The molecule has 1 fully saturated rings. The fraction of sp³-hybridized carbons (Fsp3) is 0.417. The first-order valence-electron chi connectivity index (χ1n) is 10.6. The lowest BCUT2D eigenvalue weighted by molar-refractivity contribution is -0.127. The Morgan fingerprint density at radius 2 is 2.10 bits per heavy atom. The zero-order chi connectivity index (χ0) is 20.0. The smallest absolute Gasteiger partial charge is 0.224 e. The number of piperidine rings is 1. The second-order valence-corrected chi connectivity index (χ2v) is 8.62. The SMILES string of the molecule is CN1C[C@H](C(=O)NCCc2ccccn2)CC2c3cccc4c3c(cn4C)C[C@H]21. The van der Waals surface area contributed by atoms with Gasteiger partial charge in [0.15, 0.2) is 0 Å². The molecule has 0 saturated carbocycles. The van der Waals surface area contributed by atoms with E-state index in [4.69, 9.17) is 0 Å². The first kappa shape index (κ1) is 18.4. The predicted octanol–water partition coefficient (Wildman–Crippen LogP) is 2.89. The summed E-state index contributed by atoms with van der Waals surface area (Å²) in [6.45, 7) is 1.47. The third kappa shape index (κ3) is 3.23. The maximum atomic E-state index is 12.9. The summed E-state index contributed by atoms with van der Waals surface area (Å²) in [7, 11) is 4.31. The molecule has 1 aliphatic carbocycles. The van der Waals surface area contributed by atoms with Crippen molar-refractivity contribution in [2.75, 3.05) is 20.1 Å². The molecule has 0 bridgehead atoms. The number of benzene rings is 1. The summed E-state index contributed by atoms with van der Waals surface area (Å²) in [6.07, 6.45) is 6.86. The molecule has 1 aliphatic heterocycles. The highest BCUT2D eigenvalue weighted by atomic mass is 16.1. The molecule has 29 heavy (non-hydrogen) atoms. The van der Waals surface area contributed by atoms with Crippen molar-refractivity contribution in [3.63, 3.8) is 0 Å². The molecule has 1 aromatic carbocycles. The molecule has 5 heteroatoms. The van der Waals surface area contributed by atoms with Crippen molar-refractivity contribution < 1.29 is 4.79 Å². The van der Waals surface area contributed by atoms with Crippen molar-refractivity contribution >= 4 is 16.8 Å². The topological polar surface area (TPSA) is 50.2 Å². The summed E-state index contributed by atoms with van der Waals surface area (Å²) < 4.78 is 2.24. The Bertz CT molecular complexity index is 1040. The van der Waals surface area contributed by atoms with Crippen LogP contribution in [0.2, 0.25) is 0 Å². The van der Waals surface area contributed by atoms with E-state index in [0.29, 0.717) is 18.5 Å². The summed E-state index contributed by atoms with van der Waals surface area (Å²) in [4.78, 5) is 19.7. The van der Waals surface area contributed by atoms with Crippen molar-refractivity contribution in [3.05, 3.63) is 65.6 Å². The van der Waals surface area contributed by atoms with Crippen LogP contribution in [0.25, 0.3) is 10.9 Å². The Morgan fingerprint density at radius 3 is 2.93 bits per heavy atom. The van der Waals surface area contributed by atoms with Crippen LogP contribution >= 0.6 is 0 Å². The molecule has 1 unspecified atom stereocenters. The Kier molecular flexibility index (Phi) is 4.63. The Morgan fingerprint density at radius 1 is 1.21 bits per heavy atom. The first-order valence-corrected chi connectivity index (χ1v) is 10.6. The van der Waals surface area contributed by atoms with Crippen LogP contribution in [-0.4, -0.2) is 46.5 Å². The molecule has 0 radical (unpaired) electrons. The zero-order valence-corrected chi connectivity index (χ0v) is 17.1. The van der Waals surface area contributed by atoms with Crippen molar-refractivity contribution in [1.29, 1.82) is 0 Å². The highest BCUT2D eigenvalue weighted by Gasteiger charge is 2.41. The van der Waals surface area contributed by atoms with Crippen LogP contribution in [0.4, 0.5) is 0 Å². The van der Waals surface area contributed by atoms with E-state index in [0.717, 1.165) is 31.5 Å². The number of rotatable bonds is 4. The molecule has 5 nitrogen and oxygen atoms in total. The van der Waals surface area contributed by atoms with Gasteiger partial charge in [0.05, 0.1) is 5.92 Å². The molecule has 3 atom stereocenters. The number of likely N-dealkylation sites (N-methyl/N-ethyl adjacent to an activating group) is 1. The number of hydrogen-bond donors (Lipinski definition) is 1. The van der Waals surface area contributed by atoms with Crippen LogP contribution in [0.5, 0.6) is 0 Å². The van der Waals surface area contributed by atoms with Crippen molar-refractivity contribution in [2.45, 2.75) is 31.2 Å².